The van der Waals surface area contributed by atoms with Crippen molar-refractivity contribution in [2.45, 2.75) is 4.90 Å². The van der Waals surface area contributed by atoms with Gasteiger partial charge in [0.25, 0.3) is 0 Å². The summed E-state index contributed by atoms with van der Waals surface area (Å²) in [5.74, 6) is -0.575. The number of sulfonamides is 1. The Kier molecular flexibility index (Phi) is 5.10. The fourth-order valence-corrected chi connectivity index (χ4v) is 4.93. The normalized spacial score (nSPS) is 15.6. The number of pyridine rings is 1. The number of methoxy groups -OCH3 is 1. The first-order valence-corrected chi connectivity index (χ1v) is 10.5. The van der Waals surface area contributed by atoms with Gasteiger partial charge >= 0.3 is 0 Å². The van der Waals surface area contributed by atoms with E-state index in [0.29, 0.717) is 24.5 Å². The van der Waals surface area contributed by atoms with E-state index in [2.05, 4.69) is 4.98 Å². The molecule has 2 heterocycles. The second-order valence-electron chi connectivity index (χ2n) is 6.65. The van der Waals surface area contributed by atoms with Crippen molar-refractivity contribution >= 4 is 26.6 Å². The molecule has 0 spiro atoms. The van der Waals surface area contributed by atoms with E-state index in [4.69, 9.17) is 4.74 Å². The Balaban J connectivity index is 1.57. The highest BCUT2D eigenvalue weighted by Crippen LogP contribution is 2.31. The Morgan fingerprint density at radius 1 is 0.931 bits per heavy atom. The third kappa shape index (κ3) is 3.51. The molecule has 0 aliphatic carbocycles. The van der Waals surface area contributed by atoms with Crippen molar-refractivity contribution < 1.29 is 21.9 Å². The first-order valence-electron chi connectivity index (χ1n) is 9.03. The Morgan fingerprint density at radius 2 is 1.59 bits per heavy atom. The molecule has 1 aliphatic heterocycles. The van der Waals surface area contributed by atoms with Crippen LogP contribution in [0.15, 0.2) is 53.6 Å². The van der Waals surface area contributed by atoms with E-state index in [1.165, 1.54) is 29.7 Å². The summed E-state index contributed by atoms with van der Waals surface area (Å²) < 4.78 is 60.6. The van der Waals surface area contributed by atoms with E-state index in [1.807, 2.05) is 4.90 Å². The van der Waals surface area contributed by atoms with Crippen LogP contribution >= 0.6 is 0 Å². The van der Waals surface area contributed by atoms with Gasteiger partial charge in [-0.05, 0) is 42.5 Å². The highest BCUT2D eigenvalue weighted by atomic mass is 32.2. The van der Waals surface area contributed by atoms with E-state index in [1.54, 1.807) is 18.2 Å². The van der Waals surface area contributed by atoms with Crippen LogP contribution in [0.25, 0.3) is 10.9 Å². The first-order chi connectivity index (χ1) is 13.9. The number of nitrogens with zero attached hydrogens (tertiary/aromatic N) is 3. The maximum absolute atomic E-state index is 14.4. The van der Waals surface area contributed by atoms with E-state index < -0.39 is 21.7 Å². The minimum atomic E-state index is -3.65. The SMILES string of the molecule is COc1ccc(S(=O)(=O)N2CCN(c3ccnc4c(F)ccc(F)c34)CC2)cc1. The van der Waals surface area contributed by atoms with Gasteiger partial charge in [0.05, 0.1) is 23.1 Å². The lowest BCUT2D eigenvalue weighted by Crippen LogP contribution is -2.48. The molecule has 6 nitrogen and oxygen atoms in total. The number of rotatable bonds is 4. The summed E-state index contributed by atoms with van der Waals surface area (Å²) in [7, 11) is -2.13. The van der Waals surface area contributed by atoms with Crippen LogP contribution < -0.4 is 9.64 Å². The van der Waals surface area contributed by atoms with Crippen LogP contribution in [0.2, 0.25) is 0 Å². The molecule has 0 amide bonds. The maximum Gasteiger partial charge on any atom is 0.243 e. The lowest BCUT2D eigenvalue weighted by Gasteiger charge is -2.35. The molecule has 0 unspecified atom stereocenters. The van der Waals surface area contributed by atoms with E-state index in [0.717, 1.165) is 12.1 Å². The summed E-state index contributed by atoms with van der Waals surface area (Å²) in [6.45, 7) is 1.17. The van der Waals surface area contributed by atoms with Crippen LogP contribution in [0, 0.1) is 11.6 Å². The molecular weight excluding hydrogens is 400 g/mol. The van der Waals surface area contributed by atoms with E-state index in [-0.39, 0.29) is 28.9 Å². The Hall–Kier alpha value is -2.78. The van der Waals surface area contributed by atoms with Gasteiger partial charge in [-0.2, -0.15) is 4.31 Å². The third-order valence-corrected chi connectivity index (χ3v) is 6.96. The van der Waals surface area contributed by atoms with Crippen LogP contribution in [0.4, 0.5) is 14.5 Å². The van der Waals surface area contributed by atoms with Crippen molar-refractivity contribution in [1.29, 1.82) is 0 Å². The number of hydrogen-bond donors (Lipinski definition) is 0. The highest BCUT2D eigenvalue weighted by molar-refractivity contribution is 7.89. The molecule has 0 radical (unpaired) electrons. The van der Waals surface area contributed by atoms with Gasteiger partial charge in [0, 0.05) is 32.4 Å². The Bertz CT molecular complexity index is 1150. The largest absolute Gasteiger partial charge is 0.497 e. The lowest BCUT2D eigenvalue weighted by atomic mass is 10.1. The zero-order valence-corrected chi connectivity index (χ0v) is 16.5. The second-order valence-corrected chi connectivity index (χ2v) is 8.59. The van der Waals surface area contributed by atoms with Gasteiger partial charge in [0.1, 0.15) is 22.9 Å². The Labute approximate surface area is 167 Å². The number of fused-ring (bicyclic) bond motifs is 1. The van der Waals surface area contributed by atoms with Crippen molar-refractivity contribution in [3.63, 3.8) is 0 Å². The number of anilines is 1. The molecule has 1 aromatic heterocycles. The summed E-state index contributed by atoms with van der Waals surface area (Å²) in [6.07, 6.45) is 1.43. The Morgan fingerprint density at radius 3 is 2.24 bits per heavy atom. The van der Waals surface area contributed by atoms with E-state index in [9.17, 15) is 17.2 Å². The van der Waals surface area contributed by atoms with Crippen molar-refractivity contribution in [2.75, 3.05) is 38.2 Å². The number of hydrogen-bond acceptors (Lipinski definition) is 5. The van der Waals surface area contributed by atoms with Gasteiger partial charge in [-0.15, -0.1) is 0 Å². The molecule has 152 valence electrons. The maximum atomic E-state index is 14.4. The van der Waals surface area contributed by atoms with Crippen molar-refractivity contribution in [2.24, 2.45) is 0 Å². The van der Waals surface area contributed by atoms with Crippen LogP contribution in [-0.4, -0.2) is 51.0 Å². The molecule has 0 atom stereocenters. The molecule has 4 rings (SSSR count). The minimum absolute atomic E-state index is 0.0317. The zero-order valence-electron chi connectivity index (χ0n) is 15.7. The molecule has 9 heteroatoms. The fraction of sp³-hybridized carbons (Fsp3) is 0.250. The van der Waals surface area contributed by atoms with Gasteiger partial charge in [-0.1, -0.05) is 0 Å². The lowest BCUT2D eigenvalue weighted by molar-refractivity contribution is 0.385. The molecule has 0 bridgehead atoms. The van der Waals surface area contributed by atoms with Gasteiger partial charge in [-0.3, -0.25) is 4.98 Å². The average molecular weight is 419 g/mol. The molecule has 1 aliphatic rings. The van der Waals surface area contributed by atoms with Crippen LogP contribution in [0.3, 0.4) is 0 Å². The highest BCUT2D eigenvalue weighted by Gasteiger charge is 2.29. The monoisotopic (exact) mass is 419 g/mol. The molecular formula is C20H19F2N3O3S. The zero-order chi connectivity index (χ0) is 20.6. The van der Waals surface area contributed by atoms with Gasteiger partial charge in [-0.25, -0.2) is 17.2 Å². The first kappa shape index (κ1) is 19.5. The summed E-state index contributed by atoms with van der Waals surface area (Å²) >= 11 is 0. The van der Waals surface area contributed by atoms with Crippen molar-refractivity contribution in [3.8, 4) is 5.75 Å². The third-order valence-electron chi connectivity index (χ3n) is 5.05. The van der Waals surface area contributed by atoms with Crippen molar-refractivity contribution in [1.82, 2.24) is 9.29 Å². The summed E-state index contributed by atoms with van der Waals surface area (Å²) in [5, 5.41) is 0.110. The van der Waals surface area contributed by atoms with Crippen LogP contribution in [0.1, 0.15) is 0 Å². The van der Waals surface area contributed by atoms with Crippen molar-refractivity contribution in [3.05, 3.63) is 60.3 Å². The molecule has 1 saturated heterocycles. The summed E-state index contributed by atoms with van der Waals surface area (Å²) in [5.41, 5.74) is 0.476. The number of piperazine rings is 1. The minimum Gasteiger partial charge on any atom is -0.497 e. The second kappa shape index (κ2) is 7.57. The molecule has 0 saturated carbocycles. The molecule has 0 N–H and O–H groups in total. The molecule has 1 fully saturated rings. The van der Waals surface area contributed by atoms with Gasteiger partial charge in [0.2, 0.25) is 10.0 Å². The van der Waals surface area contributed by atoms with Gasteiger partial charge in [0.15, 0.2) is 0 Å². The average Bonchev–Trinajstić information content (AvgIpc) is 2.76. The number of benzene rings is 2. The van der Waals surface area contributed by atoms with Crippen LogP contribution in [-0.2, 0) is 10.0 Å². The standard InChI is InChI=1S/C20H19F2N3O3S/c1-28-14-2-4-15(5-3-14)29(26,27)25-12-10-24(11-13-25)18-8-9-23-20-17(22)7-6-16(21)19(18)20/h2-9H,10-13H2,1H3. The molecule has 3 aromatic rings. The number of aromatic nitrogens is 1. The van der Waals surface area contributed by atoms with Gasteiger partial charge < -0.3 is 9.64 Å². The smallest absolute Gasteiger partial charge is 0.243 e. The summed E-state index contributed by atoms with van der Waals surface area (Å²) in [6, 6.07) is 9.97. The predicted octanol–water partition coefficient (Wildman–Crippen LogP) is 3.03. The predicted molar refractivity (Wildman–Crippen MR) is 106 cm³/mol. The molecule has 29 heavy (non-hydrogen) atoms. The fourth-order valence-electron chi connectivity index (χ4n) is 3.51. The number of halogens is 2. The summed E-state index contributed by atoms with van der Waals surface area (Å²) in [4.78, 5) is 5.99. The number of ether oxygens (including phenoxy) is 1. The van der Waals surface area contributed by atoms with E-state index >= 15 is 0 Å². The topological polar surface area (TPSA) is 62.7 Å². The van der Waals surface area contributed by atoms with Crippen LogP contribution in [0.5, 0.6) is 5.75 Å². The quantitative estimate of drug-likeness (QED) is 0.651. The molecule has 2 aromatic carbocycles.